The summed E-state index contributed by atoms with van der Waals surface area (Å²) in [5, 5.41) is -0.252. The highest BCUT2D eigenvalue weighted by Crippen LogP contribution is 2.29. The van der Waals surface area contributed by atoms with Crippen LogP contribution in [0.5, 0.6) is 0 Å². The predicted octanol–water partition coefficient (Wildman–Crippen LogP) is 1.93. The van der Waals surface area contributed by atoms with Gasteiger partial charge in [0.15, 0.2) is 0 Å². The molecule has 1 rings (SSSR count). The molecule has 0 radical (unpaired) electrons. The van der Waals surface area contributed by atoms with Gasteiger partial charge in [0.2, 0.25) is 11.8 Å². The van der Waals surface area contributed by atoms with E-state index in [2.05, 4.69) is 83.1 Å². The summed E-state index contributed by atoms with van der Waals surface area (Å²) in [4.78, 5) is 28.0. The Morgan fingerprint density at radius 3 is 2.27 bits per heavy atom. The Labute approximate surface area is 166 Å². The van der Waals surface area contributed by atoms with Gasteiger partial charge >= 0.3 is 7.55 Å². The van der Waals surface area contributed by atoms with Gasteiger partial charge in [0, 0.05) is 34.8 Å². The molecule has 1 saturated heterocycles. The van der Waals surface area contributed by atoms with E-state index in [4.69, 9.17) is 0 Å². The summed E-state index contributed by atoms with van der Waals surface area (Å²) in [6, 6.07) is 0. The Morgan fingerprint density at radius 2 is 1.82 bits per heavy atom. The molecule has 10 heteroatoms. The first kappa shape index (κ1) is 21.0. The number of hydrogen-bond acceptors (Lipinski definition) is 5. The normalized spacial score (nSPS) is 20.3. The average molecular weight is 549 g/mol. The zero-order valence-electron chi connectivity index (χ0n) is 14.0. The van der Waals surface area contributed by atoms with Crippen LogP contribution in [0.2, 0.25) is 0 Å². The Kier molecular flexibility index (Phi) is 7.58. The van der Waals surface area contributed by atoms with Crippen LogP contribution < -0.4 is 0 Å². The van der Waals surface area contributed by atoms with Crippen LogP contribution in [0.1, 0.15) is 41.0 Å². The van der Waals surface area contributed by atoms with Gasteiger partial charge in [-0.2, -0.15) is 11.6 Å². The molecular weight excluding hydrogens is 526 g/mol. The van der Waals surface area contributed by atoms with Gasteiger partial charge in [-0.05, 0) is 41.7 Å². The van der Waals surface area contributed by atoms with Crippen molar-refractivity contribution in [1.29, 1.82) is 0 Å². The lowest BCUT2D eigenvalue weighted by Crippen LogP contribution is -2.49. The van der Waals surface area contributed by atoms with Crippen molar-refractivity contribution >= 4 is 83.1 Å². The molecule has 124 valence electrons. The molecule has 0 bridgehead atoms. The van der Waals surface area contributed by atoms with Gasteiger partial charge in [0.05, 0.1) is 8.80 Å². The maximum atomic E-state index is 12.5. The second-order valence-corrected chi connectivity index (χ2v) is 11.9. The molecule has 1 aliphatic heterocycles. The molecule has 0 saturated carbocycles. The van der Waals surface area contributed by atoms with Crippen LogP contribution in [0.4, 0.5) is 0 Å². The molecule has 1 atom stereocenters. The summed E-state index contributed by atoms with van der Waals surface area (Å²) < 4.78 is 2.06. The van der Waals surface area contributed by atoms with Crippen LogP contribution in [0.3, 0.4) is 0 Å². The molecule has 0 aliphatic carbocycles. The molecule has 5 nitrogen and oxygen atoms in total. The Morgan fingerprint density at radius 1 is 1.27 bits per heavy atom. The minimum atomic E-state index is -0.252. The maximum absolute atomic E-state index is 12.5. The number of hydrogen-bond donors (Lipinski definition) is 0. The van der Waals surface area contributed by atoms with Gasteiger partial charge in [-0.1, -0.05) is 22.6 Å². The van der Waals surface area contributed by atoms with E-state index in [0.29, 0.717) is 14.0 Å². The third kappa shape index (κ3) is 5.82. The number of rotatable bonds is 6. The van der Waals surface area contributed by atoms with Crippen molar-refractivity contribution in [2.24, 2.45) is 0 Å². The van der Waals surface area contributed by atoms with Crippen molar-refractivity contribution < 1.29 is 9.59 Å². The van der Waals surface area contributed by atoms with E-state index in [1.165, 1.54) is 4.81 Å². The Bertz CT molecular complexity index is 443. The number of amides is 2. The van der Waals surface area contributed by atoms with E-state index in [1.807, 2.05) is 11.9 Å². The smallest absolute Gasteiger partial charge is 0.315 e. The van der Waals surface area contributed by atoms with Crippen LogP contribution >= 0.6 is 57.1 Å². The molecule has 1 unspecified atom stereocenters. The quantitative estimate of drug-likeness (QED) is 0.127. The summed E-state index contributed by atoms with van der Waals surface area (Å²) >= 11 is 6.14. The molecule has 0 aromatic rings. The molecule has 1 aliphatic rings. The van der Waals surface area contributed by atoms with E-state index in [0.717, 1.165) is 6.69 Å². The SMILES string of the molecule is CN(BN1C(=O)CC(SBN(I)C(C)(C)C)C1=O)C(C)(C)I. The van der Waals surface area contributed by atoms with E-state index < -0.39 is 0 Å². The van der Waals surface area contributed by atoms with Gasteiger partial charge in [-0.25, -0.2) is 0 Å². The van der Waals surface area contributed by atoms with Gasteiger partial charge in [0.1, 0.15) is 0 Å². The van der Waals surface area contributed by atoms with Crippen LogP contribution in [0.25, 0.3) is 0 Å². The molecule has 0 spiro atoms. The summed E-state index contributed by atoms with van der Waals surface area (Å²) in [6.07, 6.45) is 0.313. The molecule has 1 heterocycles. The van der Waals surface area contributed by atoms with Gasteiger partial charge in [-0.3, -0.25) is 12.6 Å². The summed E-state index contributed by atoms with van der Waals surface area (Å²) in [6.45, 7) is 11.2. The Balaban J connectivity index is 2.61. The fraction of sp³-hybridized carbons (Fsp3) is 0.833. The van der Waals surface area contributed by atoms with Crippen molar-refractivity contribution in [3.63, 3.8) is 0 Å². The van der Waals surface area contributed by atoms with Crippen LogP contribution in [0.15, 0.2) is 0 Å². The average Bonchev–Trinajstić information content (AvgIpc) is 2.61. The first-order valence-electron chi connectivity index (χ1n) is 7.13. The molecule has 0 N–H and O–H groups in total. The van der Waals surface area contributed by atoms with Crippen LogP contribution in [0, 0.1) is 0 Å². The molecule has 0 aromatic carbocycles. The monoisotopic (exact) mass is 549 g/mol. The minimum absolute atomic E-state index is 0.0460. The predicted molar refractivity (Wildman–Crippen MR) is 114 cm³/mol. The fourth-order valence-electron chi connectivity index (χ4n) is 1.66. The number of carbonyl (C=O) groups is 2. The first-order chi connectivity index (χ1) is 9.84. The van der Waals surface area contributed by atoms with Crippen molar-refractivity contribution in [2.75, 3.05) is 7.05 Å². The molecular formula is C12H23B2I2N3O2S. The van der Waals surface area contributed by atoms with Crippen molar-refractivity contribution in [1.82, 2.24) is 12.6 Å². The van der Waals surface area contributed by atoms with E-state index >= 15 is 0 Å². The largest absolute Gasteiger partial charge is 0.335 e. The number of nitrogens with zero attached hydrogens (tertiary/aromatic N) is 3. The Hall–Kier alpha value is 1.000. The fourth-order valence-corrected chi connectivity index (χ4v) is 3.52. The number of carbonyl (C=O) groups excluding carboxylic acids is 2. The highest BCUT2D eigenvalue weighted by molar-refractivity contribution is 14.1. The first-order valence-corrected chi connectivity index (χ1v) is 10.2. The van der Waals surface area contributed by atoms with Crippen molar-refractivity contribution in [3.05, 3.63) is 0 Å². The van der Waals surface area contributed by atoms with Crippen molar-refractivity contribution in [3.8, 4) is 0 Å². The second-order valence-electron chi connectivity index (χ2n) is 6.93. The van der Waals surface area contributed by atoms with Crippen molar-refractivity contribution in [2.45, 2.75) is 55.4 Å². The molecule has 22 heavy (non-hydrogen) atoms. The summed E-state index contributed by atoms with van der Waals surface area (Å²) in [7, 11) is 2.29. The lowest BCUT2D eigenvalue weighted by Gasteiger charge is -2.32. The highest BCUT2D eigenvalue weighted by Gasteiger charge is 2.41. The topological polar surface area (TPSA) is 43.9 Å². The van der Waals surface area contributed by atoms with E-state index in [9.17, 15) is 9.59 Å². The third-order valence-electron chi connectivity index (χ3n) is 3.58. The standard InChI is InChI=1S/C12H23B2I2N3O2S/c1-11(2,3)19(16)14-22-8-7-9(20)18(10(8)21)13-17(6)12(4,5)15/h8,13-14H,7H2,1-6H3. The third-order valence-corrected chi connectivity index (χ3v) is 7.83. The zero-order chi connectivity index (χ0) is 17.3. The molecule has 1 fully saturated rings. The maximum Gasteiger partial charge on any atom is 0.335 e. The lowest BCUT2D eigenvalue weighted by atomic mass is 10.0. The van der Waals surface area contributed by atoms with E-state index in [1.54, 1.807) is 11.6 Å². The van der Waals surface area contributed by atoms with Gasteiger partial charge < -0.3 is 9.62 Å². The zero-order valence-corrected chi connectivity index (χ0v) is 19.2. The number of halogens is 2. The minimum Gasteiger partial charge on any atom is -0.315 e. The van der Waals surface area contributed by atoms with Gasteiger partial charge in [0.25, 0.3) is 6.69 Å². The summed E-state index contributed by atoms with van der Waals surface area (Å²) in [5.41, 5.74) is 0.0460. The van der Waals surface area contributed by atoms with E-state index in [-0.39, 0.29) is 26.1 Å². The second kappa shape index (κ2) is 7.92. The number of imide groups is 1. The number of alkyl halides is 1. The molecule has 2 amide bonds. The molecule has 0 aromatic heterocycles. The lowest BCUT2D eigenvalue weighted by molar-refractivity contribution is -0.132. The summed E-state index contributed by atoms with van der Waals surface area (Å²) in [5.74, 6) is -0.119. The van der Waals surface area contributed by atoms with Crippen LogP contribution in [-0.4, -0.2) is 60.1 Å². The highest BCUT2D eigenvalue weighted by atomic mass is 127. The van der Waals surface area contributed by atoms with Gasteiger partial charge in [-0.15, -0.1) is 0 Å². The van der Waals surface area contributed by atoms with Crippen LogP contribution in [-0.2, 0) is 9.59 Å².